The van der Waals surface area contributed by atoms with Crippen molar-refractivity contribution in [3.63, 3.8) is 0 Å². The normalized spacial score (nSPS) is 18.3. The molecule has 2 atom stereocenters. The van der Waals surface area contributed by atoms with Gasteiger partial charge in [-0.3, -0.25) is 9.59 Å². The molecule has 1 heterocycles. The van der Waals surface area contributed by atoms with Crippen LogP contribution in [0.3, 0.4) is 0 Å². The fraction of sp³-hybridized carbons (Fsp3) is 0.529. The Morgan fingerprint density at radius 3 is 2.91 bits per heavy atom. The van der Waals surface area contributed by atoms with E-state index in [0.717, 1.165) is 11.3 Å². The van der Waals surface area contributed by atoms with E-state index in [0.29, 0.717) is 32.2 Å². The molecule has 1 aliphatic rings. The molecule has 2 amide bonds. The molecule has 5 heteroatoms. The second-order valence-corrected chi connectivity index (χ2v) is 6.04. The van der Waals surface area contributed by atoms with Crippen LogP contribution in [0.1, 0.15) is 31.7 Å². The highest BCUT2D eigenvalue weighted by molar-refractivity contribution is 5.96. The minimum absolute atomic E-state index is 0.00173. The minimum atomic E-state index is -0.407. The Hall–Kier alpha value is -1.88. The zero-order chi connectivity index (χ0) is 16.1. The quantitative estimate of drug-likeness (QED) is 0.842. The summed E-state index contributed by atoms with van der Waals surface area (Å²) < 4.78 is 0. The second kappa shape index (κ2) is 7.40. The van der Waals surface area contributed by atoms with E-state index in [-0.39, 0.29) is 17.7 Å². The van der Waals surface area contributed by atoms with Crippen LogP contribution in [0, 0.1) is 5.92 Å². The van der Waals surface area contributed by atoms with Gasteiger partial charge in [0.1, 0.15) is 0 Å². The first-order valence-corrected chi connectivity index (χ1v) is 7.78. The van der Waals surface area contributed by atoms with E-state index in [1.54, 1.807) is 18.9 Å². The van der Waals surface area contributed by atoms with Crippen molar-refractivity contribution in [1.29, 1.82) is 0 Å². The van der Waals surface area contributed by atoms with Crippen LogP contribution in [0.15, 0.2) is 24.3 Å². The molecule has 2 unspecified atom stereocenters. The summed E-state index contributed by atoms with van der Waals surface area (Å²) in [4.78, 5) is 25.8. The van der Waals surface area contributed by atoms with E-state index in [1.807, 2.05) is 24.3 Å². The molecule has 0 fully saturated rings. The third kappa shape index (κ3) is 4.31. The lowest BCUT2D eigenvalue weighted by Crippen LogP contribution is -2.33. The standard InChI is InChI=1S/C17H24N2O3/c1-12(20)9-10-19(2)16(21)8-7-14-11-13-5-3-4-6-15(13)18-17(14)22/h3-6,12,14,20H,7-11H2,1-2H3,(H,18,22). The fourth-order valence-corrected chi connectivity index (χ4v) is 2.64. The van der Waals surface area contributed by atoms with Crippen molar-refractivity contribution < 1.29 is 14.7 Å². The van der Waals surface area contributed by atoms with Crippen LogP contribution in [-0.2, 0) is 16.0 Å². The summed E-state index contributed by atoms with van der Waals surface area (Å²) >= 11 is 0. The first kappa shape index (κ1) is 16.5. The lowest BCUT2D eigenvalue weighted by Gasteiger charge is -2.25. The molecular weight excluding hydrogens is 280 g/mol. The van der Waals surface area contributed by atoms with Gasteiger partial charge >= 0.3 is 0 Å². The number of benzene rings is 1. The Balaban J connectivity index is 1.84. The highest BCUT2D eigenvalue weighted by Crippen LogP contribution is 2.27. The number of fused-ring (bicyclic) bond motifs is 1. The summed E-state index contributed by atoms with van der Waals surface area (Å²) in [6, 6.07) is 7.78. The van der Waals surface area contributed by atoms with Gasteiger partial charge in [0.15, 0.2) is 0 Å². The number of aliphatic hydroxyl groups is 1. The Kier molecular flexibility index (Phi) is 5.55. The zero-order valence-corrected chi connectivity index (χ0v) is 13.2. The Labute approximate surface area is 131 Å². The molecule has 2 N–H and O–H groups in total. The maximum Gasteiger partial charge on any atom is 0.227 e. The molecular formula is C17H24N2O3. The Morgan fingerprint density at radius 2 is 2.18 bits per heavy atom. The van der Waals surface area contributed by atoms with E-state index in [2.05, 4.69) is 5.32 Å². The first-order chi connectivity index (χ1) is 10.5. The van der Waals surface area contributed by atoms with Crippen LogP contribution in [0.2, 0.25) is 0 Å². The van der Waals surface area contributed by atoms with Crippen molar-refractivity contribution >= 4 is 17.5 Å². The van der Waals surface area contributed by atoms with Gasteiger partial charge in [0.25, 0.3) is 0 Å². The molecule has 0 aromatic heterocycles. The van der Waals surface area contributed by atoms with Crippen molar-refractivity contribution in [1.82, 2.24) is 4.90 Å². The van der Waals surface area contributed by atoms with Gasteiger partial charge in [-0.05, 0) is 37.8 Å². The molecule has 0 radical (unpaired) electrons. The highest BCUT2D eigenvalue weighted by atomic mass is 16.3. The van der Waals surface area contributed by atoms with E-state index in [1.165, 1.54) is 0 Å². The van der Waals surface area contributed by atoms with Gasteiger partial charge in [0, 0.05) is 31.6 Å². The van der Waals surface area contributed by atoms with Crippen LogP contribution in [-0.4, -0.2) is 41.5 Å². The second-order valence-electron chi connectivity index (χ2n) is 6.04. The molecule has 0 aliphatic carbocycles. The number of para-hydroxylation sites is 1. The molecule has 0 saturated carbocycles. The van der Waals surface area contributed by atoms with Gasteiger partial charge in [-0.1, -0.05) is 18.2 Å². The van der Waals surface area contributed by atoms with Gasteiger partial charge in [0.2, 0.25) is 11.8 Å². The Bertz CT molecular complexity index is 542. The lowest BCUT2D eigenvalue weighted by atomic mass is 9.89. The third-order valence-electron chi connectivity index (χ3n) is 4.13. The lowest BCUT2D eigenvalue weighted by molar-refractivity contribution is -0.130. The number of nitrogens with zero attached hydrogens (tertiary/aromatic N) is 1. The van der Waals surface area contributed by atoms with E-state index in [4.69, 9.17) is 0 Å². The summed E-state index contributed by atoms with van der Waals surface area (Å²) in [5, 5.41) is 12.2. The van der Waals surface area contributed by atoms with Crippen molar-refractivity contribution in [3.05, 3.63) is 29.8 Å². The number of hydrogen-bond donors (Lipinski definition) is 2. The van der Waals surface area contributed by atoms with Crippen molar-refractivity contribution in [2.75, 3.05) is 18.9 Å². The SMILES string of the molecule is CC(O)CCN(C)C(=O)CCC1Cc2ccccc2NC1=O. The molecule has 1 aliphatic heterocycles. The number of hydrogen-bond acceptors (Lipinski definition) is 3. The van der Waals surface area contributed by atoms with Crippen LogP contribution in [0.4, 0.5) is 5.69 Å². The van der Waals surface area contributed by atoms with Crippen LogP contribution in [0.25, 0.3) is 0 Å². The molecule has 1 aromatic carbocycles. The largest absolute Gasteiger partial charge is 0.393 e. The zero-order valence-electron chi connectivity index (χ0n) is 13.2. The summed E-state index contributed by atoms with van der Waals surface area (Å²) in [5.41, 5.74) is 2.01. The predicted molar refractivity (Wildman–Crippen MR) is 85.4 cm³/mol. The van der Waals surface area contributed by atoms with Crippen molar-refractivity contribution in [2.24, 2.45) is 5.92 Å². The number of carbonyl (C=O) groups excluding carboxylic acids is 2. The fourth-order valence-electron chi connectivity index (χ4n) is 2.64. The average molecular weight is 304 g/mol. The number of amides is 2. The monoisotopic (exact) mass is 304 g/mol. The van der Waals surface area contributed by atoms with Crippen molar-refractivity contribution in [2.45, 2.75) is 38.7 Å². The molecule has 0 bridgehead atoms. The van der Waals surface area contributed by atoms with Gasteiger partial charge in [-0.2, -0.15) is 0 Å². The molecule has 22 heavy (non-hydrogen) atoms. The summed E-state index contributed by atoms with van der Waals surface area (Å²) in [7, 11) is 1.74. The summed E-state index contributed by atoms with van der Waals surface area (Å²) in [5.74, 6) is -0.130. The molecule has 120 valence electrons. The average Bonchev–Trinajstić information content (AvgIpc) is 2.50. The number of carbonyl (C=O) groups is 2. The van der Waals surface area contributed by atoms with Gasteiger partial charge in [-0.15, -0.1) is 0 Å². The Morgan fingerprint density at radius 1 is 1.45 bits per heavy atom. The number of anilines is 1. The van der Waals surface area contributed by atoms with Gasteiger partial charge < -0.3 is 15.3 Å². The third-order valence-corrected chi connectivity index (χ3v) is 4.13. The van der Waals surface area contributed by atoms with Crippen LogP contribution < -0.4 is 5.32 Å². The maximum absolute atomic E-state index is 12.1. The summed E-state index contributed by atoms with van der Waals surface area (Å²) in [6.07, 6.45) is 1.76. The smallest absolute Gasteiger partial charge is 0.227 e. The molecule has 0 saturated heterocycles. The van der Waals surface area contributed by atoms with Gasteiger partial charge in [-0.25, -0.2) is 0 Å². The van der Waals surface area contributed by atoms with E-state index in [9.17, 15) is 14.7 Å². The maximum atomic E-state index is 12.1. The topological polar surface area (TPSA) is 69.6 Å². The molecule has 5 nitrogen and oxygen atoms in total. The number of aliphatic hydroxyl groups excluding tert-OH is 1. The van der Waals surface area contributed by atoms with E-state index < -0.39 is 6.10 Å². The number of nitrogens with one attached hydrogen (secondary N) is 1. The van der Waals surface area contributed by atoms with Crippen LogP contribution in [0.5, 0.6) is 0 Å². The molecule has 0 spiro atoms. The predicted octanol–water partition coefficient (Wildman–Crippen LogP) is 1.81. The number of rotatable bonds is 6. The summed E-state index contributed by atoms with van der Waals surface area (Å²) in [6.45, 7) is 2.25. The van der Waals surface area contributed by atoms with E-state index >= 15 is 0 Å². The van der Waals surface area contributed by atoms with Gasteiger partial charge in [0.05, 0.1) is 6.10 Å². The van der Waals surface area contributed by atoms with Crippen LogP contribution >= 0.6 is 0 Å². The first-order valence-electron chi connectivity index (χ1n) is 7.78. The minimum Gasteiger partial charge on any atom is -0.393 e. The molecule has 1 aromatic rings. The van der Waals surface area contributed by atoms with Crippen molar-refractivity contribution in [3.8, 4) is 0 Å². The highest BCUT2D eigenvalue weighted by Gasteiger charge is 2.26. The molecule has 2 rings (SSSR count).